The number of hydrogen-bond acceptors (Lipinski definition) is 5. The molecule has 10 heteroatoms. The second-order valence-corrected chi connectivity index (χ2v) is 8.33. The number of carbonyl (C=O) groups is 5. The van der Waals surface area contributed by atoms with E-state index in [9.17, 15) is 24.0 Å². The second kappa shape index (κ2) is 12.8. The van der Waals surface area contributed by atoms with Crippen LogP contribution >= 0.6 is 0 Å². The van der Waals surface area contributed by atoms with Gasteiger partial charge in [0.2, 0.25) is 29.5 Å². The fraction of sp³-hybridized carbons (Fsp3) is 0.750. The Bertz CT molecular complexity index is 630. The van der Waals surface area contributed by atoms with Crippen molar-refractivity contribution in [2.24, 2.45) is 5.41 Å². The maximum atomic E-state index is 12.6. The molecule has 0 radical (unpaired) electrons. The molecule has 0 aliphatic rings. The number of rotatable bonds is 11. The molecule has 0 saturated carbocycles. The summed E-state index contributed by atoms with van der Waals surface area (Å²) < 4.78 is 0. The lowest BCUT2D eigenvalue weighted by atomic mass is 9.95. The Kier molecular flexibility index (Phi) is 11.7. The van der Waals surface area contributed by atoms with Crippen LogP contribution in [0.5, 0.6) is 0 Å². The van der Waals surface area contributed by atoms with E-state index in [1.165, 1.54) is 27.8 Å². The summed E-state index contributed by atoms with van der Waals surface area (Å²) >= 11 is 0. The molecule has 0 aromatic carbocycles. The van der Waals surface area contributed by atoms with Crippen LogP contribution in [0.2, 0.25) is 0 Å². The van der Waals surface area contributed by atoms with E-state index >= 15 is 0 Å². The number of nitrogens with one attached hydrogen (secondary N) is 5. The van der Waals surface area contributed by atoms with Crippen LogP contribution in [-0.2, 0) is 24.0 Å². The predicted octanol–water partition coefficient (Wildman–Crippen LogP) is -0.421. The van der Waals surface area contributed by atoms with E-state index in [1.54, 1.807) is 0 Å². The Morgan fingerprint density at radius 1 is 0.800 bits per heavy atom. The van der Waals surface area contributed by atoms with Crippen molar-refractivity contribution < 1.29 is 24.0 Å². The highest BCUT2D eigenvalue weighted by molar-refractivity contribution is 5.93. The van der Waals surface area contributed by atoms with Gasteiger partial charge >= 0.3 is 0 Å². The van der Waals surface area contributed by atoms with E-state index in [2.05, 4.69) is 26.6 Å². The Balaban J connectivity index is 4.87. The van der Waals surface area contributed by atoms with Gasteiger partial charge in [-0.05, 0) is 33.1 Å². The van der Waals surface area contributed by atoms with Gasteiger partial charge in [-0.1, -0.05) is 20.8 Å². The lowest BCUT2D eigenvalue weighted by Gasteiger charge is -2.23. The van der Waals surface area contributed by atoms with Gasteiger partial charge < -0.3 is 26.6 Å². The van der Waals surface area contributed by atoms with Crippen LogP contribution in [0.1, 0.15) is 60.8 Å². The van der Waals surface area contributed by atoms with E-state index in [4.69, 9.17) is 0 Å². The van der Waals surface area contributed by atoms with E-state index < -0.39 is 35.4 Å². The van der Waals surface area contributed by atoms with Crippen LogP contribution in [0.3, 0.4) is 0 Å². The molecule has 172 valence electrons. The van der Waals surface area contributed by atoms with Crippen molar-refractivity contribution in [2.75, 3.05) is 13.6 Å². The SMILES string of the molecule is CNC(=O)[C@H](C)NC(=O)[C@H](CCCCNC(=O)C(C)(C)C)NC(=O)[C@H](C)NC(C)=O. The molecule has 0 heterocycles. The summed E-state index contributed by atoms with van der Waals surface area (Å²) in [6.45, 7) is 10.3. The molecule has 5 amide bonds. The van der Waals surface area contributed by atoms with Gasteiger partial charge in [-0.15, -0.1) is 0 Å². The fourth-order valence-corrected chi connectivity index (χ4v) is 2.47. The van der Waals surface area contributed by atoms with Crippen LogP contribution < -0.4 is 26.6 Å². The molecule has 0 aromatic heterocycles. The first kappa shape index (κ1) is 27.4. The van der Waals surface area contributed by atoms with Gasteiger partial charge in [0.1, 0.15) is 18.1 Å². The van der Waals surface area contributed by atoms with Crippen molar-refractivity contribution in [1.29, 1.82) is 0 Å². The predicted molar refractivity (Wildman–Crippen MR) is 113 cm³/mol. The van der Waals surface area contributed by atoms with Gasteiger partial charge in [-0.2, -0.15) is 0 Å². The monoisotopic (exact) mass is 427 g/mol. The minimum atomic E-state index is -0.876. The molecule has 0 saturated heterocycles. The van der Waals surface area contributed by atoms with Crippen molar-refractivity contribution in [1.82, 2.24) is 26.6 Å². The minimum Gasteiger partial charge on any atom is -0.357 e. The lowest BCUT2D eigenvalue weighted by Crippen LogP contribution is -2.55. The number of likely N-dealkylation sites (N-methyl/N-ethyl adjacent to an activating group) is 1. The summed E-state index contributed by atoms with van der Waals surface area (Å²) in [6.07, 6.45) is 1.50. The van der Waals surface area contributed by atoms with Gasteiger partial charge in [0.15, 0.2) is 0 Å². The molecule has 30 heavy (non-hydrogen) atoms. The molecular weight excluding hydrogens is 390 g/mol. The Hall–Kier alpha value is -2.65. The van der Waals surface area contributed by atoms with E-state index in [-0.39, 0.29) is 17.7 Å². The molecule has 0 rings (SSSR count). The van der Waals surface area contributed by atoms with Crippen molar-refractivity contribution in [3.8, 4) is 0 Å². The largest absolute Gasteiger partial charge is 0.357 e. The zero-order valence-electron chi connectivity index (χ0n) is 19.1. The minimum absolute atomic E-state index is 0.0615. The summed E-state index contributed by atoms with van der Waals surface area (Å²) in [5.74, 6) is -1.77. The highest BCUT2D eigenvalue weighted by atomic mass is 16.2. The average Bonchev–Trinajstić information content (AvgIpc) is 2.63. The van der Waals surface area contributed by atoms with E-state index in [0.717, 1.165) is 0 Å². The molecule has 0 aromatic rings. The normalized spacial score (nSPS) is 14.0. The third kappa shape index (κ3) is 10.8. The van der Waals surface area contributed by atoms with Crippen LogP contribution in [-0.4, -0.2) is 61.3 Å². The molecular formula is C20H37N5O5. The number of hydrogen-bond donors (Lipinski definition) is 5. The molecule has 5 N–H and O–H groups in total. The van der Waals surface area contributed by atoms with Crippen LogP contribution in [0, 0.1) is 5.41 Å². The Morgan fingerprint density at radius 3 is 1.87 bits per heavy atom. The molecule has 0 bridgehead atoms. The summed E-state index contributed by atoms with van der Waals surface area (Å²) in [4.78, 5) is 59.6. The molecule has 0 aliphatic heterocycles. The van der Waals surface area contributed by atoms with Crippen LogP contribution in [0.25, 0.3) is 0 Å². The fourth-order valence-electron chi connectivity index (χ4n) is 2.47. The van der Waals surface area contributed by atoms with E-state index in [1.807, 2.05) is 20.8 Å². The molecule has 10 nitrogen and oxygen atoms in total. The molecule has 0 spiro atoms. The smallest absolute Gasteiger partial charge is 0.243 e. The zero-order chi connectivity index (χ0) is 23.5. The third-order valence-electron chi connectivity index (χ3n) is 4.33. The zero-order valence-corrected chi connectivity index (χ0v) is 19.1. The number of carbonyl (C=O) groups excluding carboxylic acids is 5. The maximum Gasteiger partial charge on any atom is 0.243 e. The first-order chi connectivity index (χ1) is 13.8. The number of unbranched alkanes of at least 4 members (excludes halogenated alkanes) is 1. The topological polar surface area (TPSA) is 146 Å². The summed E-state index contributed by atoms with van der Waals surface area (Å²) in [5, 5.41) is 12.9. The standard InChI is InChI=1S/C20H37N5O5/c1-12(16(27)21-7)24-18(29)15(25-17(28)13(2)23-14(3)26)10-8-9-11-22-19(30)20(4,5)6/h12-13,15H,8-11H2,1-7H3,(H,21,27)(H,22,30)(H,23,26)(H,24,29)(H,25,28)/t12-,13-,15-/m0/s1. The van der Waals surface area contributed by atoms with Crippen LogP contribution in [0.15, 0.2) is 0 Å². The van der Waals surface area contributed by atoms with Crippen molar-refractivity contribution in [3.05, 3.63) is 0 Å². The number of amides is 5. The molecule has 0 fully saturated rings. The van der Waals surface area contributed by atoms with Crippen molar-refractivity contribution in [3.63, 3.8) is 0 Å². The average molecular weight is 428 g/mol. The van der Waals surface area contributed by atoms with Crippen LogP contribution in [0.4, 0.5) is 0 Å². The summed E-state index contributed by atoms with van der Waals surface area (Å²) in [5.41, 5.74) is -0.480. The highest BCUT2D eigenvalue weighted by Gasteiger charge is 2.26. The van der Waals surface area contributed by atoms with Crippen molar-refractivity contribution >= 4 is 29.5 Å². The lowest BCUT2D eigenvalue weighted by molar-refractivity contribution is -0.133. The molecule has 3 atom stereocenters. The van der Waals surface area contributed by atoms with Gasteiger partial charge in [-0.3, -0.25) is 24.0 Å². The maximum absolute atomic E-state index is 12.6. The third-order valence-corrected chi connectivity index (χ3v) is 4.33. The first-order valence-electron chi connectivity index (χ1n) is 10.2. The molecule has 0 unspecified atom stereocenters. The van der Waals surface area contributed by atoms with Gasteiger partial charge in [-0.25, -0.2) is 0 Å². The quantitative estimate of drug-likeness (QED) is 0.284. The summed E-state index contributed by atoms with van der Waals surface area (Å²) in [6, 6.07) is -2.44. The van der Waals surface area contributed by atoms with Crippen molar-refractivity contribution in [2.45, 2.75) is 78.9 Å². The second-order valence-electron chi connectivity index (χ2n) is 8.33. The van der Waals surface area contributed by atoms with E-state index in [0.29, 0.717) is 25.8 Å². The highest BCUT2D eigenvalue weighted by Crippen LogP contribution is 2.12. The van der Waals surface area contributed by atoms with Gasteiger partial charge in [0.25, 0.3) is 0 Å². The Morgan fingerprint density at radius 2 is 1.37 bits per heavy atom. The van der Waals surface area contributed by atoms with Gasteiger partial charge in [0, 0.05) is 25.9 Å². The Labute approximate surface area is 178 Å². The first-order valence-corrected chi connectivity index (χ1v) is 10.2. The summed E-state index contributed by atoms with van der Waals surface area (Å²) in [7, 11) is 1.46. The molecule has 0 aliphatic carbocycles. The van der Waals surface area contributed by atoms with Gasteiger partial charge in [0.05, 0.1) is 0 Å².